The first-order valence-electron chi connectivity index (χ1n) is 6.76. The predicted octanol–water partition coefficient (Wildman–Crippen LogP) is 1.68. The third-order valence-electron chi connectivity index (χ3n) is 3.89. The topological polar surface area (TPSA) is 77.2 Å². The van der Waals surface area contributed by atoms with Crippen molar-refractivity contribution >= 4 is 15.6 Å². The molecule has 1 saturated carbocycles. The van der Waals surface area contributed by atoms with Crippen molar-refractivity contribution in [1.82, 2.24) is 0 Å². The Kier molecular flexibility index (Phi) is 5.79. The quantitative estimate of drug-likeness (QED) is 0.767. The van der Waals surface area contributed by atoms with Crippen molar-refractivity contribution in [2.75, 3.05) is 18.6 Å². The average Bonchev–Trinajstić information content (AvgIpc) is 2.28. The highest BCUT2D eigenvalue weighted by atomic mass is 32.2. The molecule has 5 heteroatoms. The highest BCUT2D eigenvalue weighted by Crippen LogP contribution is 2.38. The van der Waals surface area contributed by atoms with Crippen molar-refractivity contribution in [3.05, 3.63) is 0 Å². The maximum Gasteiger partial charge on any atom is 0.147 e. The minimum absolute atomic E-state index is 0.000420. The first-order chi connectivity index (χ1) is 8.37. The van der Waals surface area contributed by atoms with E-state index in [1.165, 1.54) is 12.7 Å². The van der Waals surface area contributed by atoms with Gasteiger partial charge in [-0.25, -0.2) is 8.42 Å². The summed E-state index contributed by atoms with van der Waals surface area (Å²) in [7, 11) is -2.95. The van der Waals surface area contributed by atoms with Crippen LogP contribution in [-0.4, -0.2) is 32.8 Å². The van der Waals surface area contributed by atoms with Crippen LogP contribution in [0.3, 0.4) is 0 Å². The van der Waals surface area contributed by atoms with Gasteiger partial charge in [0.15, 0.2) is 0 Å². The summed E-state index contributed by atoms with van der Waals surface area (Å²) in [5.41, 5.74) is 5.84. The number of sulfone groups is 1. The van der Waals surface area contributed by atoms with Crippen LogP contribution in [0.25, 0.3) is 0 Å². The first kappa shape index (κ1) is 15.6. The monoisotopic (exact) mass is 275 g/mol. The molecule has 0 aromatic carbocycles. The van der Waals surface area contributed by atoms with Crippen molar-refractivity contribution in [1.29, 1.82) is 0 Å². The van der Waals surface area contributed by atoms with E-state index in [1.54, 1.807) is 0 Å². The molecule has 106 valence electrons. The van der Waals surface area contributed by atoms with Gasteiger partial charge in [-0.3, -0.25) is 4.79 Å². The number of rotatable bonds is 7. The Morgan fingerprint density at radius 3 is 2.33 bits per heavy atom. The van der Waals surface area contributed by atoms with Gasteiger partial charge >= 0.3 is 0 Å². The van der Waals surface area contributed by atoms with Crippen molar-refractivity contribution < 1.29 is 13.2 Å². The van der Waals surface area contributed by atoms with Crippen LogP contribution in [-0.2, 0) is 14.6 Å². The van der Waals surface area contributed by atoms with Gasteiger partial charge in [-0.15, -0.1) is 0 Å². The van der Waals surface area contributed by atoms with Crippen LogP contribution >= 0.6 is 0 Å². The van der Waals surface area contributed by atoms with E-state index in [0.717, 1.165) is 25.7 Å². The molecule has 0 radical (unpaired) electrons. The fourth-order valence-electron chi connectivity index (χ4n) is 2.79. The lowest BCUT2D eigenvalue weighted by Gasteiger charge is -2.35. The van der Waals surface area contributed by atoms with Gasteiger partial charge in [0.05, 0.1) is 5.75 Å². The van der Waals surface area contributed by atoms with Gasteiger partial charge in [0.1, 0.15) is 15.6 Å². The number of carbonyl (C=O) groups is 1. The summed E-state index contributed by atoms with van der Waals surface area (Å²) in [5.74, 6) is 0.278. The van der Waals surface area contributed by atoms with Gasteiger partial charge in [0.25, 0.3) is 0 Å². The maximum absolute atomic E-state index is 11.9. The van der Waals surface area contributed by atoms with E-state index in [0.29, 0.717) is 25.8 Å². The third-order valence-corrected chi connectivity index (χ3v) is 4.92. The van der Waals surface area contributed by atoms with E-state index in [1.807, 2.05) is 0 Å². The molecular formula is C13H25NO3S. The number of hydrogen-bond acceptors (Lipinski definition) is 4. The summed E-state index contributed by atoms with van der Waals surface area (Å²) in [6, 6.07) is 0. The number of hydrogen-bond donors (Lipinski definition) is 1. The molecule has 1 fully saturated rings. The summed E-state index contributed by atoms with van der Waals surface area (Å²) in [4.78, 5) is 11.9. The second-order valence-electron chi connectivity index (χ2n) is 5.71. The Morgan fingerprint density at radius 1 is 1.22 bits per heavy atom. The van der Waals surface area contributed by atoms with Gasteiger partial charge in [-0.2, -0.15) is 0 Å². The Balaban J connectivity index is 2.38. The van der Waals surface area contributed by atoms with E-state index < -0.39 is 9.84 Å². The Morgan fingerprint density at radius 2 is 1.83 bits per heavy atom. The molecule has 0 aromatic heterocycles. The van der Waals surface area contributed by atoms with E-state index in [2.05, 4.69) is 0 Å². The second-order valence-corrected chi connectivity index (χ2v) is 7.97. The smallest absolute Gasteiger partial charge is 0.147 e. The maximum atomic E-state index is 11.9. The summed E-state index contributed by atoms with van der Waals surface area (Å²) < 4.78 is 22.0. The minimum Gasteiger partial charge on any atom is -0.330 e. The lowest BCUT2D eigenvalue weighted by atomic mass is 9.70. The van der Waals surface area contributed by atoms with Crippen LogP contribution in [0.15, 0.2) is 0 Å². The van der Waals surface area contributed by atoms with Gasteiger partial charge in [-0.1, -0.05) is 19.3 Å². The average molecular weight is 275 g/mol. The Bertz CT molecular complexity index is 370. The summed E-state index contributed by atoms with van der Waals surface area (Å²) in [6.45, 7) is 0.574. The van der Waals surface area contributed by atoms with Crippen molar-refractivity contribution in [3.63, 3.8) is 0 Å². The fraction of sp³-hybridized carbons (Fsp3) is 0.923. The lowest BCUT2D eigenvalue weighted by Crippen LogP contribution is -2.35. The molecule has 0 aromatic rings. The van der Waals surface area contributed by atoms with Crippen LogP contribution in [0.1, 0.15) is 51.4 Å². The molecule has 0 atom stereocenters. The SMILES string of the molecule is CS(=O)(=O)CCCC(=O)CC1(CN)CCCCC1. The molecule has 0 saturated heterocycles. The molecule has 2 N–H and O–H groups in total. The Labute approximate surface area is 110 Å². The molecule has 1 aliphatic carbocycles. The van der Waals surface area contributed by atoms with E-state index >= 15 is 0 Å². The van der Waals surface area contributed by atoms with Crippen LogP contribution in [0.5, 0.6) is 0 Å². The van der Waals surface area contributed by atoms with Crippen LogP contribution in [0.2, 0.25) is 0 Å². The summed E-state index contributed by atoms with van der Waals surface area (Å²) >= 11 is 0. The van der Waals surface area contributed by atoms with Crippen molar-refractivity contribution in [3.8, 4) is 0 Å². The minimum atomic E-state index is -2.95. The molecule has 1 rings (SSSR count). The standard InChI is InChI=1S/C13H25NO3S/c1-18(16,17)9-5-6-12(15)10-13(11-14)7-3-2-4-8-13/h2-11,14H2,1H3. The van der Waals surface area contributed by atoms with Crippen LogP contribution < -0.4 is 5.73 Å². The highest BCUT2D eigenvalue weighted by Gasteiger charge is 2.32. The van der Waals surface area contributed by atoms with E-state index in [9.17, 15) is 13.2 Å². The molecule has 0 spiro atoms. The zero-order valence-corrected chi connectivity index (χ0v) is 12.1. The van der Waals surface area contributed by atoms with Gasteiger partial charge in [0, 0.05) is 19.1 Å². The highest BCUT2D eigenvalue weighted by molar-refractivity contribution is 7.90. The number of carbonyl (C=O) groups excluding carboxylic acids is 1. The molecule has 0 aliphatic heterocycles. The van der Waals surface area contributed by atoms with Gasteiger partial charge in [-0.05, 0) is 31.2 Å². The molecule has 0 amide bonds. The van der Waals surface area contributed by atoms with Crippen molar-refractivity contribution in [2.45, 2.75) is 51.4 Å². The Hall–Kier alpha value is -0.420. The number of Topliss-reactive ketones (excluding diaryl/α,β-unsaturated/α-hetero) is 1. The van der Waals surface area contributed by atoms with Gasteiger partial charge in [0.2, 0.25) is 0 Å². The second kappa shape index (κ2) is 6.66. The van der Waals surface area contributed by atoms with E-state index in [-0.39, 0.29) is 17.0 Å². The predicted molar refractivity (Wildman–Crippen MR) is 73.1 cm³/mol. The normalized spacial score (nSPS) is 19.7. The van der Waals surface area contributed by atoms with Gasteiger partial charge < -0.3 is 5.73 Å². The molecular weight excluding hydrogens is 250 g/mol. The van der Waals surface area contributed by atoms with Crippen LogP contribution in [0.4, 0.5) is 0 Å². The molecule has 0 heterocycles. The molecule has 18 heavy (non-hydrogen) atoms. The lowest BCUT2D eigenvalue weighted by molar-refractivity contribution is -0.121. The first-order valence-corrected chi connectivity index (χ1v) is 8.82. The largest absolute Gasteiger partial charge is 0.330 e. The molecule has 0 unspecified atom stereocenters. The van der Waals surface area contributed by atoms with Crippen LogP contribution in [0, 0.1) is 5.41 Å². The fourth-order valence-corrected chi connectivity index (χ4v) is 3.46. The number of nitrogens with two attached hydrogens (primary N) is 1. The molecule has 1 aliphatic rings. The van der Waals surface area contributed by atoms with E-state index in [4.69, 9.17) is 5.73 Å². The molecule has 0 bridgehead atoms. The molecule has 4 nitrogen and oxygen atoms in total. The third kappa shape index (κ3) is 5.48. The summed E-state index contributed by atoms with van der Waals surface area (Å²) in [6.07, 6.45) is 8.20. The number of ketones is 1. The zero-order valence-electron chi connectivity index (χ0n) is 11.3. The van der Waals surface area contributed by atoms with Crippen molar-refractivity contribution in [2.24, 2.45) is 11.1 Å². The zero-order chi connectivity index (χ0) is 13.6. The summed E-state index contributed by atoms with van der Waals surface area (Å²) in [5, 5.41) is 0.